The average Bonchev–Trinajstić information content (AvgIpc) is 2.53. The van der Waals surface area contributed by atoms with Crippen LogP contribution in [0.1, 0.15) is 5.56 Å². The van der Waals surface area contributed by atoms with Crippen LogP contribution in [0.3, 0.4) is 0 Å². The van der Waals surface area contributed by atoms with Crippen molar-refractivity contribution in [3.63, 3.8) is 0 Å². The second kappa shape index (κ2) is 5.38. The standard InChI is InChI=1S/C16H15N3O2S/c1-12-4-3-5-14(10-12)22(20,21)19(2)13-6-7-15-16(11-13)18-9-8-17-15/h3-11H,1-2H3. The lowest BCUT2D eigenvalue weighted by atomic mass is 10.2. The lowest BCUT2D eigenvalue weighted by Crippen LogP contribution is -2.26. The third kappa shape index (κ3) is 2.53. The molecule has 0 N–H and O–H groups in total. The van der Waals surface area contributed by atoms with Gasteiger partial charge in [-0.2, -0.15) is 0 Å². The van der Waals surface area contributed by atoms with Gasteiger partial charge < -0.3 is 0 Å². The Hall–Kier alpha value is -2.47. The van der Waals surface area contributed by atoms with Crippen LogP contribution in [0.15, 0.2) is 59.8 Å². The maximum Gasteiger partial charge on any atom is 0.264 e. The van der Waals surface area contributed by atoms with E-state index in [0.717, 1.165) is 11.1 Å². The molecule has 0 bridgehead atoms. The van der Waals surface area contributed by atoms with Crippen LogP contribution in [0, 0.1) is 6.92 Å². The van der Waals surface area contributed by atoms with Crippen LogP contribution in [0.25, 0.3) is 11.0 Å². The lowest BCUT2D eigenvalue weighted by molar-refractivity contribution is 0.594. The number of aromatic nitrogens is 2. The Morgan fingerprint density at radius 3 is 2.41 bits per heavy atom. The third-order valence-corrected chi connectivity index (χ3v) is 5.25. The number of sulfonamides is 1. The minimum atomic E-state index is -3.60. The predicted molar refractivity (Wildman–Crippen MR) is 86.3 cm³/mol. The molecule has 3 rings (SSSR count). The van der Waals surface area contributed by atoms with Gasteiger partial charge in [-0.05, 0) is 42.8 Å². The molecule has 0 aliphatic carbocycles. The van der Waals surface area contributed by atoms with Gasteiger partial charge in [0.1, 0.15) is 0 Å². The number of nitrogens with zero attached hydrogens (tertiary/aromatic N) is 3. The monoisotopic (exact) mass is 313 g/mol. The molecule has 0 atom stereocenters. The minimum Gasteiger partial charge on any atom is -0.269 e. The first-order chi connectivity index (χ1) is 10.5. The van der Waals surface area contributed by atoms with Gasteiger partial charge in [0.15, 0.2) is 0 Å². The highest BCUT2D eigenvalue weighted by molar-refractivity contribution is 7.92. The van der Waals surface area contributed by atoms with Crippen LogP contribution in [0.2, 0.25) is 0 Å². The van der Waals surface area contributed by atoms with Gasteiger partial charge in [0.2, 0.25) is 0 Å². The highest BCUT2D eigenvalue weighted by Crippen LogP contribution is 2.24. The quantitative estimate of drug-likeness (QED) is 0.746. The van der Waals surface area contributed by atoms with Crippen LogP contribution < -0.4 is 4.31 Å². The van der Waals surface area contributed by atoms with Gasteiger partial charge in [-0.1, -0.05) is 12.1 Å². The van der Waals surface area contributed by atoms with Gasteiger partial charge in [0.25, 0.3) is 10.0 Å². The molecule has 0 aliphatic rings. The first kappa shape index (κ1) is 14.5. The maximum atomic E-state index is 12.7. The van der Waals surface area contributed by atoms with Gasteiger partial charge in [0.05, 0.1) is 21.6 Å². The first-order valence-corrected chi connectivity index (χ1v) is 8.19. The number of anilines is 1. The minimum absolute atomic E-state index is 0.272. The molecule has 0 radical (unpaired) electrons. The van der Waals surface area contributed by atoms with Crippen molar-refractivity contribution in [3.05, 3.63) is 60.4 Å². The molecule has 0 fully saturated rings. The van der Waals surface area contributed by atoms with E-state index in [-0.39, 0.29) is 4.90 Å². The Labute approximate surface area is 129 Å². The summed E-state index contributed by atoms with van der Waals surface area (Å²) in [5.74, 6) is 0. The van der Waals surface area contributed by atoms with E-state index in [4.69, 9.17) is 0 Å². The summed E-state index contributed by atoms with van der Waals surface area (Å²) in [6, 6.07) is 12.1. The second-order valence-corrected chi connectivity index (χ2v) is 6.99. The van der Waals surface area contributed by atoms with E-state index in [0.29, 0.717) is 11.2 Å². The number of benzene rings is 2. The van der Waals surface area contributed by atoms with E-state index in [1.807, 2.05) is 13.0 Å². The Kier molecular flexibility index (Phi) is 3.54. The zero-order valence-electron chi connectivity index (χ0n) is 12.3. The van der Waals surface area contributed by atoms with Gasteiger partial charge in [0, 0.05) is 19.4 Å². The molecule has 22 heavy (non-hydrogen) atoms. The van der Waals surface area contributed by atoms with Gasteiger partial charge in [-0.25, -0.2) is 8.42 Å². The van der Waals surface area contributed by atoms with Crippen molar-refractivity contribution < 1.29 is 8.42 Å². The van der Waals surface area contributed by atoms with E-state index in [1.54, 1.807) is 48.8 Å². The van der Waals surface area contributed by atoms with Crippen LogP contribution in [-0.2, 0) is 10.0 Å². The molecule has 112 valence electrons. The highest BCUT2D eigenvalue weighted by atomic mass is 32.2. The molecule has 0 unspecified atom stereocenters. The van der Waals surface area contributed by atoms with Crippen LogP contribution in [0.5, 0.6) is 0 Å². The van der Waals surface area contributed by atoms with E-state index in [2.05, 4.69) is 9.97 Å². The Morgan fingerprint density at radius 1 is 0.955 bits per heavy atom. The zero-order chi connectivity index (χ0) is 15.7. The topological polar surface area (TPSA) is 63.2 Å². The second-order valence-electron chi connectivity index (χ2n) is 5.02. The summed E-state index contributed by atoms with van der Waals surface area (Å²) in [5.41, 5.74) is 2.84. The summed E-state index contributed by atoms with van der Waals surface area (Å²) in [5, 5.41) is 0. The van der Waals surface area contributed by atoms with Gasteiger partial charge in [-0.15, -0.1) is 0 Å². The molecule has 1 heterocycles. The molecule has 3 aromatic rings. The summed E-state index contributed by atoms with van der Waals surface area (Å²) < 4.78 is 26.7. The van der Waals surface area contributed by atoms with Crippen LogP contribution >= 0.6 is 0 Å². The summed E-state index contributed by atoms with van der Waals surface area (Å²) in [6.07, 6.45) is 3.19. The summed E-state index contributed by atoms with van der Waals surface area (Å²) in [4.78, 5) is 8.66. The molecular formula is C16H15N3O2S. The molecule has 0 aliphatic heterocycles. The van der Waals surface area contributed by atoms with Crippen molar-refractivity contribution in [2.75, 3.05) is 11.4 Å². The Morgan fingerprint density at radius 2 is 1.68 bits per heavy atom. The fourth-order valence-electron chi connectivity index (χ4n) is 2.22. The summed E-state index contributed by atoms with van der Waals surface area (Å²) in [7, 11) is -2.06. The van der Waals surface area contributed by atoms with Crippen LogP contribution in [0.4, 0.5) is 5.69 Å². The highest BCUT2D eigenvalue weighted by Gasteiger charge is 2.21. The van der Waals surface area contributed by atoms with E-state index < -0.39 is 10.0 Å². The Balaban J connectivity index is 2.06. The lowest BCUT2D eigenvalue weighted by Gasteiger charge is -2.20. The summed E-state index contributed by atoms with van der Waals surface area (Å²) in [6.45, 7) is 1.87. The number of aryl methyl sites for hydroxylation is 1. The SMILES string of the molecule is Cc1cccc(S(=O)(=O)N(C)c2ccc3nccnc3c2)c1. The molecule has 6 heteroatoms. The third-order valence-electron chi connectivity index (χ3n) is 3.46. The van der Waals surface area contributed by atoms with Crippen molar-refractivity contribution in [2.45, 2.75) is 11.8 Å². The normalized spacial score (nSPS) is 11.5. The van der Waals surface area contributed by atoms with Crippen molar-refractivity contribution >= 4 is 26.7 Å². The molecule has 0 spiro atoms. The van der Waals surface area contributed by atoms with Crippen molar-refractivity contribution in [3.8, 4) is 0 Å². The molecule has 5 nitrogen and oxygen atoms in total. The van der Waals surface area contributed by atoms with E-state index >= 15 is 0 Å². The molecule has 0 amide bonds. The fraction of sp³-hybridized carbons (Fsp3) is 0.125. The van der Waals surface area contributed by atoms with Crippen molar-refractivity contribution in [1.29, 1.82) is 0 Å². The predicted octanol–water partition coefficient (Wildman–Crippen LogP) is 2.76. The average molecular weight is 313 g/mol. The smallest absolute Gasteiger partial charge is 0.264 e. The largest absolute Gasteiger partial charge is 0.269 e. The molecule has 0 saturated carbocycles. The molecule has 2 aromatic carbocycles. The molecule has 0 saturated heterocycles. The fourth-order valence-corrected chi connectivity index (χ4v) is 3.51. The number of hydrogen-bond acceptors (Lipinski definition) is 4. The maximum absolute atomic E-state index is 12.7. The van der Waals surface area contributed by atoms with Gasteiger partial charge >= 0.3 is 0 Å². The first-order valence-electron chi connectivity index (χ1n) is 6.75. The van der Waals surface area contributed by atoms with E-state index in [1.165, 1.54) is 11.4 Å². The zero-order valence-corrected chi connectivity index (χ0v) is 13.1. The van der Waals surface area contributed by atoms with Crippen molar-refractivity contribution in [2.24, 2.45) is 0 Å². The number of fused-ring (bicyclic) bond motifs is 1. The van der Waals surface area contributed by atoms with Gasteiger partial charge in [-0.3, -0.25) is 14.3 Å². The summed E-state index contributed by atoms with van der Waals surface area (Å²) >= 11 is 0. The number of rotatable bonds is 3. The molecular weight excluding hydrogens is 298 g/mol. The Bertz CT molecular complexity index is 939. The van der Waals surface area contributed by atoms with E-state index in [9.17, 15) is 8.42 Å². The van der Waals surface area contributed by atoms with Crippen LogP contribution in [-0.4, -0.2) is 25.4 Å². The number of hydrogen-bond donors (Lipinski definition) is 0. The van der Waals surface area contributed by atoms with Crippen molar-refractivity contribution in [1.82, 2.24) is 9.97 Å². The molecule has 1 aromatic heterocycles.